The van der Waals surface area contributed by atoms with E-state index >= 15 is 0 Å². The van der Waals surface area contributed by atoms with E-state index in [2.05, 4.69) is 15.5 Å². The van der Waals surface area contributed by atoms with E-state index in [9.17, 15) is 9.59 Å². The Morgan fingerprint density at radius 2 is 2.19 bits per heavy atom. The molecule has 1 atom stereocenters. The number of thioether (sulfide) groups is 1. The number of aromatic nitrogens is 3. The third-order valence-corrected chi connectivity index (χ3v) is 4.58. The quantitative estimate of drug-likeness (QED) is 0.583. The van der Waals surface area contributed by atoms with Crippen LogP contribution in [0.4, 0.5) is 5.69 Å². The summed E-state index contributed by atoms with van der Waals surface area (Å²) in [5, 5.41) is 19.8. The minimum Gasteiger partial charge on any atom is -0.466 e. The number of carbonyl (C=O) groups excluding carboxylic acids is 2. The zero-order chi connectivity index (χ0) is 19.1. The fourth-order valence-electron chi connectivity index (χ4n) is 2.06. The number of nitrogens with zero attached hydrogens (tertiary/aromatic N) is 4. The van der Waals surface area contributed by atoms with E-state index < -0.39 is 5.25 Å². The summed E-state index contributed by atoms with van der Waals surface area (Å²) in [6.07, 6.45) is 0.0272. The number of hydrogen-bond donors (Lipinski definition) is 1. The van der Waals surface area contributed by atoms with Gasteiger partial charge in [0.2, 0.25) is 5.91 Å². The van der Waals surface area contributed by atoms with Crippen LogP contribution >= 0.6 is 11.8 Å². The highest BCUT2D eigenvalue weighted by Crippen LogP contribution is 2.23. The van der Waals surface area contributed by atoms with Crippen LogP contribution in [0.2, 0.25) is 0 Å². The largest absolute Gasteiger partial charge is 0.466 e. The van der Waals surface area contributed by atoms with Gasteiger partial charge in [-0.05, 0) is 32.0 Å². The summed E-state index contributed by atoms with van der Waals surface area (Å²) in [5.74, 6) is -0.122. The third kappa shape index (κ3) is 5.07. The second-order valence-corrected chi connectivity index (χ2v) is 6.69. The molecular weight excluding hydrogens is 354 g/mol. The first-order valence-corrected chi connectivity index (χ1v) is 8.84. The molecule has 0 saturated carbocycles. The Kier molecular flexibility index (Phi) is 6.74. The number of carbonyl (C=O) groups is 2. The number of esters is 1. The van der Waals surface area contributed by atoms with Gasteiger partial charge in [-0.15, -0.1) is 10.2 Å². The highest BCUT2D eigenvalue weighted by atomic mass is 32.2. The predicted octanol–water partition coefficient (Wildman–Crippen LogP) is 1.91. The standard InChI is InChI=1S/C17H19N5O3S/c1-4-25-15(23)9-14-20-21-17(22(14)3)26-11(2)16(24)19-13-7-5-6-12(8-13)10-18/h5-8,11H,4,9H2,1-3H3,(H,19,24)/t11-/m0/s1. The minimum absolute atomic E-state index is 0.0272. The molecular formula is C17H19N5O3S. The van der Waals surface area contributed by atoms with Gasteiger partial charge in [-0.3, -0.25) is 9.59 Å². The van der Waals surface area contributed by atoms with Crippen molar-refractivity contribution in [2.75, 3.05) is 11.9 Å². The topological polar surface area (TPSA) is 110 Å². The molecule has 1 N–H and O–H groups in total. The van der Waals surface area contributed by atoms with E-state index in [0.29, 0.717) is 28.8 Å². The predicted molar refractivity (Wildman–Crippen MR) is 96.4 cm³/mol. The lowest BCUT2D eigenvalue weighted by molar-refractivity contribution is -0.142. The van der Waals surface area contributed by atoms with E-state index in [-0.39, 0.29) is 18.3 Å². The maximum absolute atomic E-state index is 12.4. The Labute approximate surface area is 155 Å². The van der Waals surface area contributed by atoms with E-state index in [0.717, 1.165) is 0 Å². The minimum atomic E-state index is -0.445. The first-order valence-electron chi connectivity index (χ1n) is 7.96. The van der Waals surface area contributed by atoms with Gasteiger partial charge in [0.15, 0.2) is 5.16 Å². The van der Waals surface area contributed by atoms with Gasteiger partial charge in [-0.2, -0.15) is 5.26 Å². The lowest BCUT2D eigenvalue weighted by Gasteiger charge is -2.11. The first kappa shape index (κ1) is 19.5. The van der Waals surface area contributed by atoms with Gasteiger partial charge < -0.3 is 14.6 Å². The van der Waals surface area contributed by atoms with Crippen LogP contribution in [-0.4, -0.2) is 38.5 Å². The van der Waals surface area contributed by atoms with Gasteiger partial charge in [0.05, 0.1) is 23.5 Å². The molecule has 8 nitrogen and oxygen atoms in total. The van der Waals surface area contributed by atoms with Crippen LogP contribution in [0.15, 0.2) is 29.4 Å². The molecule has 0 saturated heterocycles. The summed E-state index contributed by atoms with van der Waals surface area (Å²) in [7, 11) is 1.73. The molecule has 2 aromatic rings. The van der Waals surface area contributed by atoms with Crippen molar-refractivity contribution in [2.45, 2.75) is 30.7 Å². The van der Waals surface area contributed by atoms with Gasteiger partial charge in [-0.25, -0.2) is 0 Å². The van der Waals surface area contributed by atoms with Gasteiger partial charge >= 0.3 is 5.97 Å². The summed E-state index contributed by atoms with van der Waals surface area (Å²) in [5.41, 5.74) is 1.03. The molecule has 136 valence electrons. The molecule has 1 aromatic heterocycles. The normalized spacial score (nSPS) is 11.5. The molecule has 0 radical (unpaired) electrons. The maximum atomic E-state index is 12.4. The molecule has 26 heavy (non-hydrogen) atoms. The zero-order valence-electron chi connectivity index (χ0n) is 14.7. The van der Waals surface area contributed by atoms with Crippen molar-refractivity contribution < 1.29 is 14.3 Å². The number of nitrogens with one attached hydrogen (secondary N) is 1. The van der Waals surface area contributed by atoms with Gasteiger partial charge in [-0.1, -0.05) is 17.8 Å². The van der Waals surface area contributed by atoms with Crippen LogP contribution in [0, 0.1) is 11.3 Å². The highest BCUT2D eigenvalue weighted by Gasteiger charge is 2.20. The highest BCUT2D eigenvalue weighted by molar-refractivity contribution is 8.00. The summed E-state index contributed by atoms with van der Waals surface area (Å²) in [6.45, 7) is 3.79. The molecule has 0 aliphatic carbocycles. The summed E-state index contributed by atoms with van der Waals surface area (Å²) < 4.78 is 6.57. The molecule has 1 aromatic carbocycles. The number of anilines is 1. The average molecular weight is 373 g/mol. The van der Waals surface area contributed by atoms with Crippen molar-refractivity contribution >= 4 is 29.3 Å². The number of amides is 1. The maximum Gasteiger partial charge on any atom is 0.313 e. The average Bonchev–Trinajstić information content (AvgIpc) is 2.95. The molecule has 0 spiro atoms. The van der Waals surface area contributed by atoms with Crippen LogP contribution in [0.25, 0.3) is 0 Å². The molecule has 0 aliphatic rings. The number of hydrogen-bond acceptors (Lipinski definition) is 7. The Morgan fingerprint density at radius 3 is 2.88 bits per heavy atom. The van der Waals surface area contributed by atoms with Crippen LogP contribution in [-0.2, 0) is 27.8 Å². The van der Waals surface area contributed by atoms with Crippen molar-refractivity contribution in [3.05, 3.63) is 35.7 Å². The Balaban J connectivity index is 1.99. The lowest BCUT2D eigenvalue weighted by Crippen LogP contribution is -2.23. The van der Waals surface area contributed by atoms with Gasteiger partial charge in [0, 0.05) is 12.7 Å². The van der Waals surface area contributed by atoms with E-state index in [1.165, 1.54) is 11.8 Å². The molecule has 2 rings (SSSR count). The number of nitriles is 1. The van der Waals surface area contributed by atoms with Crippen molar-refractivity contribution in [3.8, 4) is 6.07 Å². The summed E-state index contributed by atoms with van der Waals surface area (Å²) in [4.78, 5) is 23.9. The van der Waals surface area contributed by atoms with Gasteiger partial charge in [0.25, 0.3) is 0 Å². The Hall–Kier alpha value is -2.86. The zero-order valence-corrected chi connectivity index (χ0v) is 15.5. The first-order chi connectivity index (χ1) is 12.4. The van der Waals surface area contributed by atoms with Crippen molar-refractivity contribution in [2.24, 2.45) is 7.05 Å². The molecule has 1 heterocycles. The van der Waals surface area contributed by atoms with Crippen molar-refractivity contribution in [3.63, 3.8) is 0 Å². The molecule has 0 bridgehead atoms. The molecule has 0 unspecified atom stereocenters. The van der Waals surface area contributed by atoms with Gasteiger partial charge in [0.1, 0.15) is 12.2 Å². The summed E-state index contributed by atoms with van der Waals surface area (Å²) in [6, 6.07) is 8.72. The van der Waals surface area contributed by atoms with Crippen molar-refractivity contribution in [1.82, 2.24) is 14.8 Å². The second-order valence-electron chi connectivity index (χ2n) is 5.38. The molecule has 1 amide bonds. The molecule has 9 heteroatoms. The van der Waals surface area contributed by atoms with E-state index in [4.69, 9.17) is 10.00 Å². The van der Waals surface area contributed by atoms with Crippen LogP contribution < -0.4 is 5.32 Å². The smallest absolute Gasteiger partial charge is 0.313 e. The van der Waals surface area contributed by atoms with Crippen LogP contribution in [0.3, 0.4) is 0 Å². The molecule has 0 aliphatic heterocycles. The second kappa shape index (κ2) is 9.01. The van der Waals surface area contributed by atoms with Crippen LogP contribution in [0.5, 0.6) is 0 Å². The lowest BCUT2D eigenvalue weighted by atomic mass is 10.2. The Morgan fingerprint density at radius 1 is 1.42 bits per heavy atom. The fourth-order valence-corrected chi connectivity index (χ4v) is 2.90. The van der Waals surface area contributed by atoms with E-state index in [1.54, 1.807) is 49.7 Å². The summed E-state index contributed by atoms with van der Waals surface area (Å²) >= 11 is 1.23. The monoisotopic (exact) mass is 373 g/mol. The number of ether oxygens (including phenoxy) is 1. The van der Waals surface area contributed by atoms with E-state index in [1.807, 2.05) is 6.07 Å². The van der Waals surface area contributed by atoms with Crippen molar-refractivity contribution in [1.29, 1.82) is 5.26 Å². The van der Waals surface area contributed by atoms with Crippen LogP contribution in [0.1, 0.15) is 25.2 Å². The molecule has 0 fully saturated rings. The number of benzene rings is 1. The number of rotatable bonds is 7. The SMILES string of the molecule is CCOC(=O)Cc1nnc(S[C@@H](C)C(=O)Nc2cccc(C#N)c2)n1C. The fraction of sp³-hybridized carbons (Fsp3) is 0.353. The Bertz CT molecular complexity index is 843. The third-order valence-electron chi connectivity index (χ3n) is 3.44.